The Morgan fingerprint density at radius 3 is 1.33 bits per heavy atom. The Morgan fingerprint density at radius 1 is 0.524 bits per heavy atom. The molecule has 0 bridgehead atoms. The molecule has 0 aromatic rings. The Kier molecular flexibility index (Phi) is 12.2. The average molecular weight is 300 g/mol. The molecule has 1 rings (SSSR count). The quantitative estimate of drug-likeness (QED) is 0.286. The number of hydrogen-bond donors (Lipinski definition) is 0. The maximum absolute atomic E-state index is 5.77. The Hall–Kier alpha value is -0.120. The minimum Gasteiger partial charge on any atom is -0.318 e. The van der Waals surface area contributed by atoms with Crippen LogP contribution in [0.3, 0.4) is 0 Å². The highest BCUT2D eigenvalue weighted by Crippen LogP contribution is 2.23. The SMILES string of the molecule is CCCCCCCCC1OOC(CCCCCCCC)O1. The smallest absolute Gasteiger partial charge is 0.194 e. The van der Waals surface area contributed by atoms with E-state index in [1.807, 2.05) is 0 Å². The van der Waals surface area contributed by atoms with Gasteiger partial charge in [0.1, 0.15) is 0 Å². The van der Waals surface area contributed by atoms with E-state index in [4.69, 9.17) is 14.5 Å². The van der Waals surface area contributed by atoms with E-state index in [1.54, 1.807) is 0 Å². The Bertz CT molecular complexity index is 199. The van der Waals surface area contributed by atoms with Crippen LogP contribution in [0.2, 0.25) is 0 Å². The molecule has 0 aromatic carbocycles. The van der Waals surface area contributed by atoms with Gasteiger partial charge in [0.15, 0.2) is 12.6 Å². The minimum absolute atomic E-state index is 0.124. The molecule has 2 unspecified atom stereocenters. The van der Waals surface area contributed by atoms with Crippen molar-refractivity contribution < 1.29 is 14.5 Å². The van der Waals surface area contributed by atoms with Gasteiger partial charge in [-0.05, 0) is 12.8 Å². The van der Waals surface area contributed by atoms with E-state index in [0.29, 0.717) is 0 Å². The average Bonchev–Trinajstić information content (AvgIpc) is 2.94. The van der Waals surface area contributed by atoms with Gasteiger partial charge in [0.2, 0.25) is 0 Å². The number of hydrogen-bond acceptors (Lipinski definition) is 3. The molecule has 1 aliphatic heterocycles. The van der Waals surface area contributed by atoms with Crippen molar-refractivity contribution in [3.63, 3.8) is 0 Å². The van der Waals surface area contributed by atoms with Gasteiger partial charge in [-0.3, -0.25) is 0 Å². The summed E-state index contributed by atoms with van der Waals surface area (Å²) in [5.74, 6) is 0. The fourth-order valence-corrected chi connectivity index (χ4v) is 2.75. The Balaban J connectivity index is 1.88. The zero-order chi connectivity index (χ0) is 15.2. The summed E-state index contributed by atoms with van der Waals surface area (Å²) < 4.78 is 5.77. The van der Waals surface area contributed by atoms with Gasteiger partial charge in [-0.2, -0.15) is 0 Å². The monoisotopic (exact) mass is 300 g/mol. The maximum Gasteiger partial charge on any atom is 0.194 e. The van der Waals surface area contributed by atoms with Crippen LogP contribution in [0.5, 0.6) is 0 Å². The van der Waals surface area contributed by atoms with Crippen LogP contribution >= 0.6 is 0 Å². The van der Waals surface area contributed by atoms with E-state index in [0.717, 1.165) is 12.8 Å². The van der Waals surface area contributed by atoms with E-state index >= 15 is 0 Å². The van der Waals surface area contributed by atoms with Crippen LogP contribution in [0.1, 0.15) is 104 Å². The van der Waals surface area contributed by atoms with Crippen molar-refractivity contribution in [3.05, 3.63) is 0 Å². The summed E-state index contributed by atoms with van der Waals surface area (Å²) in [6.45, 7) is 4.50. The van der Waals surface area contributed by atoms with Crippen molar-refractivity contribution in [1.82, 2.24) is 0 Å². The van der Waals surface area contributed by atoms with Crippen molar-refractivity contribution in [3.8, 4) is 0 Å². The van der Waals surface area contributed by atoms with Crippen LogP contribution in [-0.2, 0) is 14.5 Å². The van der Waals surface area contributed by atoms with Gasteiger partial charge >= 0.3 is 0 Å². The molecule has 1 aliphatic rings. The maximum atomic E-state index is 5.77. The topological polar surface area (TPSA) is 27.7 Å². The Morgan fingerprint density at radius 2 is 0.905 bits per heavy atom. The zero-order valence-electron chi connectivity index (χ0n) is 14.3. The lowest BCUT2D eigenvalue weighted by Gasteiger charge is -2.08. The summed E-state index contributed by atoms with van der Waals surface area (Å²) in [5.41, 5.74) is 0. The molecule has 0 spiro atoms. The van der Waals surface area contributed by atoms with Gasteiger partial charge in [0, 0.05) is 12.8 Å². The predicted octanol–water partition coefficient (Wildman–Crippen LogP) is 6.12. The minimum atomic E-state index is -0.124. The summed E-state index contributed by atoms with van der Waals surface area (Å²) in [6, 6.07) is 0. The number of unbranched alkanes of at least 4 members (excludes halogenated alkanes) is 10. The summed E-state index contributed by atoms with van der Waals surface area (Å²) in [4.78, 5) is 10.5. The molecule has 3 nitrogen and oxygen atoms in total. The number of ether oxygens (including phenoxy) is 1. The predicted molar refractivity (Wildman–Crippen MR) is 86.8 cm³/mol. The first-order chi connectivity index (χ1) is 10.4. The molecule has 0 radical (unpaired) electrons. The molecular formula is C18H36O3. The standard InChI is InChI=1S/C18H36O3/c1-3-5-7-9-11-13-15-17-19-18(21-20-17)16-14-12-10-8-6-4-2/h17-18H,3-16H2,1-2H3. The lowest BCUT2D eigenvalue weighted by Crippen LogP contribution is -2.11. The molecule has 3 heteroatoms. The van der Waals surface area contributed by atoms with Crippen LogP contribution in [-0.4, -0.2) is 12.6 Å². The van der Waals surface area contributed by atoms with Crippen LogP contribution in [0.15, 0.2) is 0 Å². The van der Waals surface area contributed by atoms with Gasteiger partial charge in [-0.1, -0.05) is 78.1 Å². The summed E-state index contributed by atoms with van der Waals surface area (Å²) >= 11 is 0. The van der Waals surface area contributed by atoms with Crippen molar-refractivity contribution in [2.45, 2.75) is 116 Å². The van der Waals surface area contributed by atoms with Gasteiger partial charge in [0.25, 0.3) is 0 Å². The molecule has 1 saturated heterocycles. The summed E-state index contributed by atoms with van der Waals surface area (Å²) in [5, 5.41) is 0. The van der Waals surface area contributed by atoms with E-state index in [9.17, 15) is 0 Å². The molecule has 1 fully saturated rings. The molecule has 0 aromatic heterocycles. The van der Waals surface area contributed by atoms with Crippen molar-refractivity contribution in [1.29, 1.82) is 0 Å². The third-order valence-electron chi connectivity index (χ3n) is 4.16. The molecule has 126 valence electrons. The van der Waals surface area contributed by atoms with Crippen LogP contribution in [0, 0.1) is 0 Å². The second-order valence-electron chi connectivity index (χ2n) is 6.30. The lowest BCUT2D eigenvalue weighted by atomic mass is 10.1. The van der Waals surface area contributed by atoms with E-state index < -0.39 is 0 Å². The van der Waals surface area contributed by atoms with Crippen LogP contribution in [0.4, 0.5) is 0 Å². The normalized spacial score (nSPS) is 22.0. The van der Waals surface area contributed by atoms with E-state index in [-0.39, 0.29) is 12.6 Å². The second kappa shape index (κ2) is 13.5. The van der Waals surface area contributed by atoms with Crippen molar-refractivity contribution in [2.24, 2.45) is 0 Å². The highest BCUT2D eigenvalue weighted by atomic mass is 17.3. The molecule has 0 amide bonds. The zero-order valence-corrected chi connectivity index (χ0v) is 14.3. The fourth-order valence-electron chi connectivity index (χ4n) is 2.75. The van der Waals surface area contributed by atoms with Gasteiger partial charge in [-0.15, -0.1) is 0 Å². The summed E-state index contributed by atoms with van der Waals surface area (Å²) in [6.07, 6.45) is 17.4. The van der Waals surface area contributed by atoms with E-state index in [1.165, 1.54) is 77.0 Å². The molecular weight excluding hydrogens is 264 g/mol. The summed E-state index contributed by atoms with van der Waals surface area (Å²) in [7, 11) is 0. The van der Waals surface area contributed by atoms with Crippen LogP contribution < -0.4 is 0 Å². The highest BCUT2D eigenvalue weighted by Gasteiger charge is 2.26. The fraction of sp³-hybridized carbons (Fsp3) is 1.00. The molecule has 1 heterocycles. The number of rotatable bonds is 14. The highest BCUT2D eigenvalue weighted by molar-refractivity contribution is 4.55. The largest absolute Gasteiger partial charge is 0.318 e. The van der Waals surface area contributed by atoms with Gasteiger partial charge in [-0.25, -0.2) is 9.78 Å². The van der Waals surface area contributed by atoms with Crippen LogP contribution in [0.25, 0.3) is 0 Å². The van der Waals surface area contributed by atoms with Crippen molar-refractivity contribution >= 4 is 0 Å². The second-order valence-corrected chi connectivity index (χ2v) is 6.30. The van der Waals surface area contributed by atoms with Gasteiger partial charge in [0.05, 0.1) is 0 Å². The third-order valence-corrected chi connectivity index (χ3v) is 4.16. The Labute approximate surface area is 131 Å². The first kappa shape index (κ1) is 18.9. The molecule has 2 atom stereocenters. The first-order valence-electron chi connectivity index (χ1n) is 9.34. The molecule has 21 heavy (non-hydrogen) atoms. The third kappa shape index (κ3) is 10.3. The van der Waals surface area contributed by atoms with E-state index in [2.05, 4.69) is 13.8 Å². The molecule has 0 saturated carbocycles. The molecule has 0 aliphatic carbocycles. The van der Waals surface area contributed by atoms with Gasteiger partial charge < -0.3 is 4.74 Å². The lowest BCUT2D eigenvalue weighted by molar-refractivity contribution is -0.298. The van der Waals surface area contributed by atoms with Crippen molar-refractivity contribution in [2.75, 3.05) is 0 Å². The molecule has 0 N–H and O–H groups in total. The first-order valence-corrected chi connectivity index (χ1v) is 9.34.